The average molecular weight is 268 g/mol. The fourth-order valence-electron chi connectivity index (χ4n) is 0.918. The first-order chi connectivity index (χ1) is 6.15. The monoisotopic (exact) mass is 266 g/mol. The maximum Gasteiger partial charge on any atom is 0.329 e. The highest BCUT2D eigenvalue weighted by atomic mass is 79.9. The Labute approximate surface area is 87.7 Å². The molecule has 6 heteroatoms. The van der Waals surface area contributed by atoms with Gasteiger partial charge in [0.1, 0.15) is 5.15 Å². The third kappa shape index (κ3) is 2.70. The topological polar surface area (TPSA) is 54.9 Å². The van der Waals surface area contributed by atoms with Crippen molar-refractivity contribution in [3.8, 4) is 0 Å². The molecule has 1 aromatic rings. The molecule has 1 rings (SSSR count). The molecule has 0 aromatic carbocycles. The Morgan fingerprint density at radius 3 is 2.77 bits per heavy atom. The van der Waals surface area contributed by atoms with E-state index in [1.54, 1.807) is 0 Å². The predicted molar refractivity (Wildman–Crippen MR) is 54.7 cm³/mol. The van der Waals surface area contributed by atoms with E-state index in [9.17, 15) is 9.59 Å². The molecule has 0 saturated carbocycles. The van der Waals surface area contributed by atoms with Gasteiger partial charge in [-0.1, -0.05) is 27.5 Å². The lowest BCUT2D eigenvalue weighted by Crippen LogP contribution is -2.29. The first-order valence-corrected chi connectivity index (χ1v) is 5.20. The second-order valence-corrected chi connectivity index (χ2v) is 3.64. The van der Waals surface area contributed by atoms with Gasteiger partial charge in [-0.25, -0.2) is 4.79 Å². The summed E-state index contributed by atoms with van der Waals surface area (Å²) in [6, 6.07) is 1.19. The maximum atomic E-state index is 11.2. The number of hydrogen-bond donors (Lipinski definition) is 1. The molecule has 0 aliphatic carbocycles. The van der Waals surface area contributed by atoms with Crippen molar-refractivity contribution in [1.29, 1.82) is 0 Å². The van der Waals surface area contributed by atoms with Gasteiger partial charge in [0, 0.05) is 17.9 Å². The van der Waals surface area contributed by atoms with Crippen LogP contribution in [0, 0.1) is 0 Å². The van der Waals surface area contributed by atoms with Crippen molar-refractivity contribution in [2.24, 2.45) is 0 Å². The molecule has 0 spiro atoms. The van der Waals surface area contributed by atoms with Gasteiger partial charge in [-0.3, -0.25) is 14.3 Å². The Kier molecular flexibility index (Phi) is 3.74. The molecule has 0 radical (unpaired) electrons. The minimum absolute atomic E-state index is 0.176. The molecule has 0 saturated heterocycles. The molecular weight excluding hydrogens is 259 g/mol. The van der Waals surface area contributed by atoms with Crippen molar-refractivity contribution in [3.05, 3.63) is 32.1 Å². The number of rotatable bonds is 3. The summed E-state index contributed by atoms with van der Waals surface area (Å²) in [4.78, 5) is 24.1. The number of aromatic amines is 1. The molecule has 0 fully saturated rings. The number of alkyl halides is 1. The molecular formula is C7H8BrClN2O2. The van der Waals surface area contributed by atoms with Gasteiger partial charge < -0.3 is 0 Å². The van der Waals surface area contributed by atoms with Crippen molar-refractivity contribution >= 4 is 27.5 Å². The summed E-state index contributed by atoms with van der Waals surface area (Å²) in [6.45, 7) is 0.500. The van der Waals surface area contributed by atoms with E-state index in [4.69, 9.17) is 11.6 Å². The summed E-state index contributed by atoms with van der Waals surface area (Å²) in [5.41, 5.74) is -0.927. The number of nitrogens with one attached hydrogen (secondary N) is 1. The maximum absolute atomic E-state index is 11.2. The third-order valence-corrected chi connectivity index (χ3v) is 2.37. The number of hydrogen-bond acceptors (Lipinski definition) is 2. The summed E-state index contributed by atoms with van der Waals surface area (Å²) >= 11 is 8.94. The zero-order valence-corrected chi connectivity index (χ0v) is 9.06. The number of halogens is 2. The number of nitrogens with zero attached hydrogens (tertiary/aromatic N) is 1. The van der Waals surface area contributed by atoms with Gasteiger partial charge in [-0.15, -0.1) is 0 Å². The minimum Gasteiger partial charge on any atom is -0.284 e. The Morgan fingerprint density at radius 2 is 2.23 bits per heavy atom. The van der Waals surface area contributed by atoms with Gasteiger partial charge in [0.15, 0.2) is 0 Å². The second kappa shape index (κ2) is 4.62. The first kappa shape index (κ1) is 10.5. The van der Waals surface area contributed by atoms with E-state index in [0.717, 1.165) is 11.8 Å². The Bertz CT molecular complexity index is 398. The highest BCUT2D eigenvalue weighted by molar-refractivity contribution is 9.09. The molecule has 0 aliphatic rings. The zero-order chi connectivity index (χ0) is 9.84. The SMILES string of the molecule is O=c1cc(Cl)n(CCCBr)c(=O)[nH]1. The van der Waals surface area contributed by atoms with Crippen molar-refractivity contribution in [3.63, 3.8) is 0 Å². The Hall–Kier alpha value is -0.550. The normalized spacial score (nSPS) is 10.3. The quantitative estimate of drug-likeness (QED) is 0.655. The summed E-state index contributed by atoms with van der Waals surface area (Å²) in [5, 5.41) is 0.962. The highest BCUT2D eigenvalue weighted by Crippen LogP contribution is 2.02. The zero-order valence-electron chi connectivity index (χ0n) is 6.72. The molecule has 1 N–H and O–H groups in total. The van der Waals surface area contributed by atoms with Gasteiger partial charge in [0.05, 0.1) is 0 Å². The predicted octanol–water partition coefficient (Wildman–Crippen LogP) is 0.975. The van der Waals surface area contributed by atoms with E-state index in [2.05, 4.69) is 20.9 Å². The Balaban J connectivity index is 3.07. The largest absolute Gasteiger partial charge is 0.329 e. The van der Waals surface area contributed by atoms with E-state index in [1.165, 1.54) is 10.6 Å². The van der Waals surface area contributed by atoms with Gasteiger partial charge in [-0.05, 0) is 6.42 Å². The summed E-state index contributed by atoms with van der Waals surface area (Å²) in [5.74, 6) is 0. The van der Waals surface area contributed by atoms with Gasteiger partial charge >= 0.3 is 5.69 Å². The van der Waals surface area contributed by atoms with Crippen LogP contribution >= 0.6 is 27.5 Å². The van der Waals surface area contributed by atoms with Crippen LogP contribution in [0.25, 0.3) is 0 Å². The Morgan fingerprint density at radius 1 is 1.54 bits per heavy atom. The van der Waals surface area contributed by atoms with Crippen molar-refractivity contribution in [1.82, 2.24) is 9.55 Å². The molecule has 0 atom stereocenters. The summed E-state index contributed by atoms with van der Waals surface area (Å²) in [6.07, 6.45) is 0.783. The molecule has 0 aliphatic heterocycles. The van der Waals surface area contributed by atoms with Crippen LogP contribution in [0.5, 0.6) is 0 Å². The van der Waals surface area contributed by atoms with Gasteiger partial charge in [0.25, 0.3) is 5.56 Å². The van der Waals surface area contributed by atoms with Gasteiger partial charge in [-0.2, -0.15) is 0 Å². The van der Waals surface area contributed by atoms with Crippen LogP contribution in [0.4, 0.5) is 0 Å². The third-order valence-electron chi connectivity index (χ3n) is 1.50. The van der Waals surface area contributed by atoms with Gasteiger partial charge in [0.2, 0.25) is 0 Å². The van der Waals surface area contributed by atoms with Crippen LogP contribution < -0.4 is 11.2 Å². The molecule has 0 bridgehead atoms. The lowest BCUT2D eigenvalue weighted by molar-refractivity contribution is 0.638. The van der Waals surface area contributed by atoms with E-state index >= 15 is 0 Å². The van der Waals surface area contributed by atoms with Crippen molar-refractivity contribution in [2.75, 3.05) is 5.33 Å². The van der Waals surface area contributed by atoms with Crippen LogP contribution in [0.3, 0.4) is 0 Å². The van der Waals surface area contributed by atoms with Crippen molar-refractivity contribution in [2.45, 2.75) is 13.0 Å². The van der Waals surface area contributed by atoms with Crippen molar-refractivity contribution < 1.29 is 0 Å². The second-order valence-electron chi connectivity index (χ2n) is 2.46. The lowest BCUT2D eigenvalue weighted by Gasteiger charge is -2.04. The molecule has 0 unspecified atom stereocenters. The number of H-pyrrole nitrogens is 1. The standard InChI is InChI=1S/C7H8BrClN2O2/c8-2-1-3-11-5(9)4-6(12)10-7(11)13/h4H,1-3H2,(H,10,12,13). The molecule has 4 nitrogen and oxygen atoms in total. The summed E-state index contributed by atoms with van der Waals surface area (Å²) < 4.78 is 1.32. The van der Waals surface area contributed by atoms with E-state index in [-0.39, 0.29) is 5.15 Å². The van der Waals surface area contributed by atoms with E-state index in [1.807, 2.05) is 0 Å². The highest BCUT2D eigenvalue weighted by Gasteiger charge is 2.02. The molecule has 1 heterocycles. The molecule has 1 aromatic heterocycles. The fourth-order valence-corrected chi connectivity index (χ4v) is 1.43. The van der Waals surface area contributed by atoms with Crippen LogP contribution in [0.15, 0.2) is 15.7 Å². The molecule has 72 valence electrons. The van der Waals surface area contributed by atoms with E-state index in [0.29, 0.717) is 6.54 Å². The summed E-state index contributed by atoms with van der Waals surface area (Å²) in [7, 11) is 0. The average Bonchev–Trinajstić information content (AvgIpc) is 2.02. The molecule has 13 heavy (non-hydrogen) atoms. The van der Waals surface area contributed by atoms with Crippen LogP contribution in [-0.2, 0) is 6.54 Å². The van der Waals surface area contributed by atoms with Crippen LogP contribution in [-0.4, -0.2) is 14.9 Å². The van der Waals surface area contributed by atoms with Crippen LogP contribution in [0.1, 0.15) is 6.42 Å². The fraction of sp³-hybridized carbons (Fsp3) is 0.429. The first-order valence-electron chi connectivity index (χ1n) is 3.71. The van der Waals surface area contributed by atoms with Crippen LogP contribution in [0.2, 0.25) is 5.15 Å². The minimum atomic E-state index is -0.468. The van der Waals surface area contributed by atoms with E-state index < -0.39 is 11.2 Å². The number of aromatic nitrogens is 2. The smallest absolute Gasteiger partial charge is 0.284 e. The molecule has 0 amide bonds. The lowest BCUT2D eigenvalue weighted by atomic mass is 10.5.